The highest BCUT2D eigenvalue weighted by Crippen LogP contribution is 2.32. The Balaban J connectivity index is 0.00000312. The SMILES string of the molecule is CC(N)C1CCCN(S(=O)(=O)c2cc(Cl)ccc2OCC(N)=O)C1.Cl. The van der Waals surface area contributed by atoms with E-state index < -0.39 is 22.5 Å². The molecule has 0 aromatic heterocycles. The maximum atomic E-state index is 13.0. The molecule has 7 nitrogen and oxygen atoms in total. The van der Waals surface area contributed by atoms with Crippen molar-refractivity contribution in [2.75, 3.05) is 19.7 Å². The summed E-state index contributed by atoms with van der Waals surface area (Å²) < 4.78 is 32.6. The van der Waals surface area contributed by atoms with E-state index in [1.54, 1.807) is 0 Å². The van der Waals surface area contributed by atoms with Crippen molar-refractivity contribution < 1.29 is 17.9 Å². The number of piperidine rings is 1. The van der Waals surface area contributed by atoms with Gasteiger partial charge in [-0.1, -0.05) is 11.6 Å². The third-order valence-electron chi connectivity index (χ3n) is 4.06. The lowest BCUT2D eigenvalue weighted by Gasteiger charge is -2.34. The zero-order chi connectivity index (χ0) is 17.9. The largest absolute Gasteiger partial charge is 0.482 e. The lowest BCUT2D eigenvalue weighted by Crippen LogP contribution is -2.45. The third kappa shape index (κ3) is 5.46. The highest BCUT2D eigenvalue weighted by atomic mass is 35.5. The summed E-state index contributed by atoms with van der Waals surface area (Å²) in [7, 11) is -3.81. The van der Waals surface area contributed by atoms with Crippen LogP contribution in [0.5, 0.6) is 5.75 Å². The van der Waals surface area contributed by atoms with E-state index in [9.17, 15) is 13.2 Å². The summed E-state index contributed by atoms with van der Waals surface area (Å²) in [6, 6.07) is 4.15. The summed E-state index contributed by atoms with van der Waals surface area (Å²) in [5, 5.41) is 0.265. The summed E-state index contributed by atoms with van der Waals surface area (Å²) in [6.45, 7) is 2.23. The van der Waals surface area contributed by atoms with Gasteiger partial charge in [-0.15, -0.1) is 12.4 Å². The molecule has 142 valence electrons. The Hall–Kier alpha value is -1.06. The van der Waals surface area contributed by atoms with Gasteiger partial charge in [0.05, 0.1) is 0 Å². The highest BCUT2D eigenvalue weighted by molar-refractivity contribution is 7.89. The molecular weight excluding hydrogens is 389 g/mol. The van der Waals surface area contributed by atoms with Crippen LogP contribution in [-0.4, -0.2) is 44.4 Å². The topological polar surface area (TPSA) is 116 Å². The van der Waals surface area contributed by atoms with Crippen LogP contribution in [0.25, 0.3) is 0 Å². The number of primary amides is 1. The molecule has 2 unspecified atom stereocenters. The van der Waals surface area contributed by atoms with Crippen molar-refractivity contribution in [2.24, 2.45) is 17.4 Å². The maximum Gasteiger partial charge on any atom is 0.255 e. The van der Waals surface area contributed by atoms with Gasteiger partial charge in [0.2, 0.25) is 10.0 Å². The van der Waals surface area contributed by atoms with Crippen LogP contribution in [0.2, 0.25) is 5.02 Å². The minimum absolute atomic E-state index is 0. The molecule has 0 radical (unpaired) electrons. The molecule has 0 bridgehead atoms. The first-order chi connectivity index (χ1) is 11.2. The monoisotopic (exact) mass is 411 g/mol. The van der Waals surface area contributed by atoms with E-state index in [4.69, 9.17) is 27.8 Å². The number of ether oxygens (including phenoxy) is 1. The van der Waals surface area contributed by atoms with Gasteiger partial charge in [-0.2, -0.15) is 4.31 Å². The number of nitrogens with two attached hydrogens (primary N) is 2. The van der Waals surface area contributed by atoms with Crippen molar-refractivity contribution in [2.45, 2.75) is 30.7 Å². The Morgan fingerprint density at radius 3 is 2.76 bits per heavy atom. The standard InChI is InChI=1S/C15H22ClN3O4S.ClH/c1-10(17)11-3-2-6-19(8-11)24(21,22)14-7-12(16)4-5-13(14)23-9-15(18)20;/h4-5,7,10-11H,2-3,6,8-9,17H2,1H3,(H2,18,20);1H. The average Bonchev–Trinajstić information content (AvgIpc) is 2.53. The number of rotatable bonds is 6. The van der Waals surface area contributed by atoms with Crippen molar-refractivity contribution in [1.82, 2.24) is 4.31 Å². The van der Waals surface area contributed by atoms with E-state index in [1.807, 2.05) is 6.92 Å². The van der Waals surface area contributed by atoms with Gasteiger partial charge in [0, 0.05) is 24.2 Å². The van der Waals surface area contributed by atoms with Gasteiger partial charge in [-0.25, -0.2) is 8.42 Å². The molecule has 4 N–H and O–H groups in total. The molecule has 1 aliphatic heterocycles. The number of sulfonamides is 1. The van der Waals surface area contributed by atoms with E-state index in [0.717, 1.165) is 12.8 Å². The predicted molar refractivity (Wildman–Crippen MR) is 98.5 cm³/mol. The number of hydrogen-bond donors (Lipinski definition) is 2. The Kier molecular flexibility index (Phi) is 7.95. The summed E-state index contributed by atoms with van der Waals surface area (Å²) in [5.41, 5.74) is 11.0. The van der Waals surface area contributed by atoms with Gasteiger partial charge in [0.25, 0.3) is 5.91 Å². The minimum Gasteiger partial charge on any atom is -0.482 e. The molecule has 0 saturated carbocycles. The first-order valence-electron chi connectivity index (χ1n) is 7.68. The number of benzene rings is 1. The second-order valence-electron chi connectivity index (χ2n) is 5.97. The van der Waals surface area contributed by atoms with E-state index in [2.05, 4.69) is 0 Å². The molecule has 1 amide bonds. The van der Waals surface area contributed by atoms with Crippen LogP contribution in [0.15, 0.2) is 23.1 Å². The highest BCUT2D eigenvalue weighted by Gasteiger charge is 2.33. The quantitative estimate of drug-likeness (QED) is 0.732. The molecule has 1 fully saturated rings. The van der Waals surface area contributed by atoms with Crippen LogP contribution in [0.3, 0.4) is 0 Å². The second-order valence-corrected chi connectivity index (χ2v) is 8.31. The van der Waals surface area contributed by atoms with Gasteiger partial charge < -0.3 is 16.2 Å². The van der Waals surface area contributed by atoms with Crippen LogP contribution in [0.4, 0.5) is 0 Å². The third-order valence-corrected chi connectivity index (χ3v) is 6.18. The molecule has 10 heteroatoms. The van der Waals surface area contributed by atoms with E-state index in [1.165, 1.54) is 22.5 Å². The van der Waals surface area contributed by atoms with Gasteiger partial charge in [-0.3, -0.25) is 4.79 Å². The maximum absolute atomic E-state index is 13.0. The van der Waals surface area contributed by atoms with Crippen LogP contribution < -0.4 is 16.2 Å². The van der Waals surface area contributed by atoms with E-state index >= 15 is 0 Å². The number of amides is 1. The van der Waals surface area contributed by atoms with Crippen molar-refractivity contribution in [3.05, 3.63) is 23.2 Å². The molecule has 1 aliphatic rings. The molecule has 1 aromatic carbocycles. The van der Waals surface area contributed by atoms with Crippen molar-refractivity contribution in [1.29, 1.82) is 0 Å². The van der Waals surface area contributed by atoms with Gasteiger partial charge in [0.15, 0.2) is 6.61 Å². The fourth-order valence-corrected chi connectivity index (χ4v) is 4.64. The number of carbonyl (C=O) groups is 1. The summed E-state index contributed by atoms with van der Waals surface area (Å²) >= 11 is 5.95. The van der Waals surface area contributed by atoms with Crippen molar-refractivity contribution in [3.8, 4) is 5.75 Å². The minimum atomic E-state index is -3.81. The van der Waals surface area contributed by atoms with Gasteiger partial charge >= 0.3 is 0 Å². The first kappa shape index (κ1) is 22.0. The smallest absolute Gasteiger partial charge is 0.255 e. The fraction of sp³-hybridized carbons (Fsp3) is 0.533. The van der Waals surface area contributed by atoms with Crippen LogP contribution in [0, 0.1) is 5.92 Å². The Bertz CT molecular complexity index is 713. The van der Waals surface area contributed by atoms with Crippen LogP contribution in [-0.2, 0) is 14.8 Å². The zero-order valence-corrected chi connectivity index (χ0v) is 16.2. The molecule has 2 rings (SSSR count). The predicted octanol–water partition coefficient (Wildman–Crippen LogP) is 1.37. The fourth-order valence-electron chi connectivity index (χ4n) is 2.71. The molecule has 0 spiro atoms. The Morgan fingerprint density at radius 2 is 2.16 bits per heavy atom. The summed E-state index contributed by atoms with van der Waals surface area (Å²) in [4.78, 5) is 10.8. The van der Waals surface area contributed by atoms with Crippen molar-refractivity contribution in [3.63, 3.8) is 0 Å². The van der Waals surface area contributed by atoms with Crippen LogP contribution >= 0.6 is 24.0 Å². The zero-order valence-electron chi connectivity index (χ0n) is 13.9. The summed E-state index contributed by atoms with van der Waals surface area (Å²) in [5.74, 6) is -0.535. The first-order valence-corrected chi connectivity index (χ1v) is 9.50. The lowest BCUT2D eigenvalue weighted by molar-refractivity contribution is -0.120. The van der Waals surface area contributed by atoms with Crippen molar-refractivity contribution >= 4 is 39.9 Å². The molecule has 25 heavy (non-hydrogen) atoms. The number of hydrogen-bond acceptors (Lipinski definition) is 5. The molecule has 1 saturated heterocycles. The Labute approximate surface area is 159 Å². The molecule has 2 atom stereocenters. The Morgan fingerprint density at radius 1 is 1.48 bits per heavy atom. The molecule has 0 aliphatic carbocycles. The van der Waals surface area contributed by atoms with E-state index in [-0.39, 0.29) is 40.0 Å². The summed E-state index contributed by atoms with van der Waals surface area (Å²) in [6.07, 6.45) is 1.63. The van der Waals surface area contributed by atoms with Gasteiger partial charge in [0.1, 0.15) is 10.6 Å². The molecular formula is C15H23Cl2N3O4S. The lowest BCUT2D eigenvalue weighted by atomic mass is 9.93. The second kappa shape index (κ2) is 9.05. The van der Waals surface area contributed by atoms with E-state index in [0.29, 0.717) is 13.1 Å². The normalized spacial score (nSPS) is 19.7. The molecule has 1 aromatic rings. The average molecular weight is 412 g/mol. The van der Waals surface area contributed by atoms with Gasteiger partial charge in [-0.05, 0) is 43.9 Å². The number of halogens is 2. The molecule has 1 heterocycles. The number of nitrogens with zero attached hydrogens (tertiary/aromatic N) is 1. The van der Waals surface area contributed by atoms with Crippen LogP contribution in [0.1, 0.15) is 19.8 Å². The number of carbonyl (C=O) groups excluding carboxylic acids is 1.